The molecule has 0 aliphatic heterocycles. The van der Waals surface area contributed by atoms with Gasteiger partial charge >= 0.3 is 5.97 Å². The molecule has 0 aliphatic carbocycles. The van der Waals surface area contributed by atoms with Gasteiger partial charge in [0.2, 0.25) is 0 Å². The van der Waals surface area contributed by atoms with Crippen molar-refractivity contribution in [2.75, 3.05) is 32.1 Å². The van der Waals surface area contributed by atoms with Crippen LogP contribution < -0.4 is 10.6 Å². The van der Waals surface area contributed by atoms with Crippen LogP contribution in [0.2, 0.25) is 0 Å². The lowest BCUT2D eigenvalue weighted by Gasteiger charge is -2.30. The summed E-state index contributed by atoms with van der Waals surface area (Å²) in [6.45, 7) is 5.43. The molecule has 0 fully saturated rings. The molecule has 18 heavy (non-hydrogen) atoms. The minimum atomic E-state index is -0.379. The van der Waals surface area contributed by atoms with E-state index in [1.807, 2.05) is 11.9 Å². The number of nitrogens with zero attached hydrogens (tertiary/aromatic N) is 2. The van der Waals surface area contributed by atoms with E-state index in [1.165, 1.54) is 7.11 Å². The van der Waals surface area contributed by atoms with Crippen LogP contribution in [-0.4, -0.2) is 38.2 Å². The van der Waals surface area contributed by atoms with Gasteiger partial charge in [0.05, 0.1) is 7.11 Å². The summed E-state index contributed by atoms with van der Waals surface area (Å²) < 4.78 is 4.75. The highest BCUT2D eigenvalue weighted by molar-refractivity contribution is 5.94. The van der Waals surface area contributed by atoms with Crippen molar-refractivity contribution >= 4 is 11.8 Å². The van der Waals surface area contributed by atoms with Gasteiger partial charge in [-0.25, -0.2) is 9.78 Å². The lowest BCUT2D eigenvalue weighted by Crippen LogP contribution is -2.37. The molecular formula is C13H21N3O2. The number of carbonyl (C=O) groups is 1. The standard InChI is InChI=1S/C13H21N3O2/c1-13(2,8-14)9-16(3)11-10(12(17)18-4)6-5-7-15-11/h5-7H,8-9,14H2,1-4H3. The zero-order valence-corrected chi connectivity index (χ0v) is 11.4. The summed E-state index contributed by atoms with van der Waals surface area (Å²) in [5.41, 5.74) is 6.14. The molecule has 0 bridgehead atoms. The van der Waals surface area contributed by atoms with E-state index in [1.54, 1.807) is 18.3 Å². The molecule has 1 aromatic heterocycles. The van der Waals surface area contributed by atoms with Crippen molar-refractivity contribution in [2.45, 2.75) is 13.8 Å². The molecule has 1 aromatic rings. The molecule has 0 atom stereocenters. The first-order chi connectivity index (χ1) is 8.41. The maximum Gasteiger partial charge on any atom is 0.341 e. The van der Waals surface area contributed by atoms with Crippen molar-refractivity contribution in [2.24, 2.45) is 11.1 Å². The number of carbonyl (C=O) groups excluding carboxylic acids is 1. The number of aromatic nitrogens is 1. The van der Waals surface area contributed by atoms with E-state index < -0.39 is 0 Å². The fourth-order valence-corrected chi connectivity index (χ4v) is 1.75. The van der Waals surface area contributed by atoms with E-state index in [-0.39, 0.29) is 11.4 Å². The van der Waals surface area contributed by atoms with Gasteiger partial charge in [0.25, 0.3) is 0 Å². The second-order valence-electron chi connectivity index (χ2n) is 5.09. The SMILES string of the molecule is COC(=O)c1cccnc1N(C)CC(C)(C)CN. The van der Waals surface area contributed by atoms with E-state index in [0.717, 1.165) is 0 Å². The van der Waals surface area contributed by atoms with Crippen molar-refractivity contribution in [3.05, 3.63) is 23.9 Å². The van der Waals surface area contributed by atoms with Gasteiger partial charge in [-0.2, -0.15) is 0 Å². The van der Waals surface area contributed by atoms with E-state index >= 15 is 0 Å². The highest BCUT2D eigenvalue weighted by Crippen LogP contribution is 2.21. The molecule has 0 radical (unpaired) electrons. The van der Waals surface area contributed by atoms with Crippen LogP contribution in [0, 0.1) is 5.41 Å². The smallest absolute Gasteiger partial charge is 0.341 e. The first-order valence-corrected chi connectivity index (χ1v) is 5.86. The molecule has 2 N–H and O–H groups in total. The Morgan fingerprint density at radius 1 is 1.56 bits per heavy atom. The second kappa shape index (κ2) is 5.82. The second-order valence-corrected chi connectivity index (χ2v) is 5.09. The van der Waals surface area contributed by atoms with Crippen LogP contribution in [0.25, 0.3) is 0 Å². The third-order valence-corrected chi connectivity index (χ3v) is 2.77. The minimum absolute atomic E-state index is 0.0420. The van der Waals surface area contributed by atoms with E-state index in [9.17, 15) is 4.79 Å². The van der Waals surface area contributed by atoms with Crippen molar-refractivity contribution in [1.29, 1.82) is 0 Å². The van der Waals surface area contributed by atoms with Gasteiger partial charge in [-0.3, -0.25) is 0 Å². The van der Waals surface area contributed by atoms with Gasteiger partial charge in [0, 0.05) is 19.8 Å². The summed E-state index contributed by atoms with van der Waals surface area (Å²) in [5.74, 6) is 0.237. The molecule has 0 saturated carbocycles. The van der Waals surface area contributed by atoms with Crippen molar-refractivity contribution in [3.63, 3.8) is 0 Å². The van der Waals surface area contributed by atoms with E-state index in [2.05, 4.69) is 18.8 Å². The molecule has 0 spiro atoms. The largest absolute Gasteiger partial charge is 0.465 e. The van der Waals surface area contributed by atoms with Gasteiger partial charge in [0.1, 0.15) is 11.4 Å². The number of methoxy groups -OCH3 is 1. The normalized spacial score (nSPS) is 11.2. The Morgan fingerprint density at radius 2 is 2.22 bits per heavy atom. The first kappa shape index (κ1) is 14.4. The Balaban J connectivity index is 2.99. The lowest BCUT2D eigenvalue weighted by atomic mass is 9.93. The highest BCUT2D eigenvalue weighted by Gasteiger charge is 2.22. The average Bonchev–Trinajstić information content (AvgIpc) is 2.37. The fourth-order valence-electron chi connectivity index (χ4n) is 1.75. The quantitative estimate of drug-likeness (QED) is 0.799. The molecular weight excluding hydrogens is 230 g/mol. The molecule has 0 unspecified atom stereocenters. The van der Waals surface area contributed by atoms with Crippen LogP contribution in [0.5, 0.6) is 0 Å². The molecule has 5 nitrogen and oxygen atoms in total. The Kier molecular flexibility index (Phi) is 4.67. The van der Waals surface area contributed by atoms with Crippen LogP contribution >= 0.6 is 0 Å². The lowest BCUT2D eigenvalue weighted by molar-refractivity contribution is 0.0601. The third-order valence-electron chi connectivity index (χ3n) is 2.77. The molecule has 100 valence electrons. The molecule has 5 heteroatoms. The molecule has 1 heterocycles. The first-order valence-electron chi connectivity index (χ1n) is 5.86. The van der Waals surface area contributed by atoms with Gasteiger partial charge < -0.3 is 15.4 Å². The topological polar surface area (TPSA) is 68.5 Å². The van der Waals surface area contributed by atoms with Crippen molar-refractivity contribution in [1.82, 2.24) is 4.98 Å². The van der Waals surface area contributed by atoms with Crippen LogP contribution in [0.15, 0.2) is 18.3 Å². The molecule has 0 saturated heterocycles. The van der Waals surface area contributed by atoms with Crippen molar-refractivity contribution in [3.8, 4) is 0 Å². The number of pyridine rings is 1. The third kappa shape index (κ3) is 3.43. The Morgan fingerprint density at radius 3 is 2.78 bits per heavy atom. The summed E-state index contributed by atoms with van der Waals surface area (Å²) in [6.07, 6.45) is 1.66. The highest BCUT2D eigenvalue weighted by atomic mass is 16.5. The zero-order valence-electron chi connectivity index (χ0n) is 11.4. The molecule has 0 amide bonds. The monoisotopic (exact) mass is 251 g/mol. The molecule has 1 rings (SSSR count). The predicted molar refractivity (Wildman–Crippen MR) is 71.7 cm³/mol. The van der Waals surface area contributed by atoms with Crippen molar-refractivity contribution < 1.29 is 9.53 Å². The maximum atomic E-state index is 11.7. The Bertz CT molecular complexity index is 418. The molecule has 0 aromatic carbocycles. The van der Waals surface area contributed by atoms with Gasteiger partial charge in [0.15, 0.2) is 0 Å². The van der Waals surface area contributed by atoms with Gasteiger partial charge in [-0.05, 0) is 24.1 Å². The van der Waals surface area contributed by atoms with Crippen LogP contribution in [-0.2, 0) is 4.74 Å². The number of esters is 1. The summed E-state index contributed by atoms with van der Waals surface area (Å²) in [5, 5.41) is 0. The van der Waals surface area contributed by atoms with Crippen LogP contribution in [0.4, 0.5) is 5.82 Å². The van der Waals surface area contributed by atoms with E-state index in [0.29, 0.717) is 24.5 Å². The number of hydrogen-bond donors (Lipinski definition) is 1. The number of nitrogens with two attached hydrogens (primary N) is 1. The van der Waals surface area contributed by atoms with Gasteiger partial charge in [-0.15, -0.1) is 0 Å². The number of anilines is 1. The fraction of sp³-hybridized carbons (Fsp3) is 0.538. The predicted octanol–water partition coefficient (Wildman–Crippen LogP) is 1.29. The summed E-state index contributed by atoms with van der Waals surface area (Å²) in [6, 6.07) is 3.43. The number of rotatable bonds is 5. The summed E-state index contributed by atoms with van der Waals surface area (Å²) in [4.78, 5) is 17.8. The molecule has 0 aliphatic rings. The van der Waals surface area contributed by atoms with E-state index in [4.69, 9.17) is 10.5 Å². The van der Waals surface area contributed by atoms with Crippen LogP contribution in [0.3, 0.4) is 0 Å². The zero-order chi connectivity index (χ0) is 13.8. The summed E-state index contributed by atoms with van der Waals surface area (Å²) in [7, 11) is 3.26. The summed E-state index contributed by atoms with van der Waals surface area (Å²) >= 11 is 0. The van der Waals surface area contributed by atoms with Gasteiger partial charge in [-0.1, -0.05) is 13.8 Å². The Hall–Kier alpha value is -1.62. The Labute approximate surface area is 108 Å². The number of hydrogen-bond acceptors (Lipinski definition) is 5. The maximum absolute atomic E-state index is 11.7. The average molecular weight is 251 g/mol. The minimum Gasteiger partial charge on any atom is -0.465 e. The number of ether oxygens (including phenoxy) is 1. The van der Waals surface area contributed by atoms with Crippen LogP contribution in [0.1, 0.15) is 24.2 Å².